The highest BCUT2D eigenvalue weighted by atomic mass is 19.1. The molecule has 0 aliphatic carbocycles. The molecular formula is C9H18FNO2. The molecule has 0 fully saturated rings. The van der Waals surface area contributed by atoms with Crippen LogP contribution in [0, 0.1) is 0 Å². The SMILES string of the molecule is CCCN(CC)CCC(F)C(=O)O. The zero-order chi connectivity index (χ0) is 10.3. The Labute approximate surface area is 78.5 Å². The minimum atomic E-state index is -1.72. The molecule has 1 N–H and O–H groups in total. The Morgan fingerprint density at radius 2 is 2.08 bits per heavy atom. The number of carboxylic acid groups (broad SMARTS) is 1. The zero-order valence-corrected chi connectivity index (χ0v) is 8.29. The fraction of sp³-hybridized carbons (Fsp3) is 0.889. The van der Waals surface area contributed by atoms with E-state index in [1.807, 2.05) is 13.8 Å². The number of alkyl halides is 1. The summed E-state index contributed by atoms with van der Waals surface area (Å²) in [7, 11) is 0. The van der Waals surface area contributed by atoms with Crippen molar-refractivity contribution in [1.29, 1.82) is 0 Å². The van der Waals surface area contributed by atoms with Crippen molar-refractivity contribution >= 4 is 5.97 Å². The van der Waals surface area contributed by atoms with Gasteiger partial charge in [0.05, 0.1) is 0 Å². The van der Waals surface area contributed by atoms with Gasteiger partial charge in [-0.2, -0.15) is 0 Å². The van der Waals surface area contributed by atoms with E-state index in [9.17, 15) is 9.18 Å². The molecule has 1 atom stereocenters. The standard InChI is InChI=1S/C9H18FNO2/c1-3-6-11(4-2)7-5-8(10)9(12)13/h8H,3-7H2,1-2H3,(H,12,13). The normalized spacial score (nSPS) is 13.2. The van der Waals surface area contributed by atoms with Gasteiger partial charge in [-0.3, -0.25) is 0 Å². The summed E-state index contributed by atoms with van der Waals surface area (Å²) in [6.45, 7) is 6.32. The summed E-state index contributed by atoms with van der Waals surface area (Å²) in [5.74, 6) is -1.35. The Morgan fingerprint density at radius 3 is 2.46 bits per heavy atom. The van der Waals surface area contributed by atoms with Crippen LogP contribution in [0.25, 0.3) is 0 Å². The molecular weight excluding hydrogens is 173 g/mol. The second kappa shape index (κ2) is 6.83. The summed E-state index contributed by atoms with van der Waals surface area (Å²) < 4.78 is 12.6. The van der Waals surface area contributed by atoms with Crippen molar-refractivity contribution < 1.29 is 14.3 Å². The van der Waals surface area contributed by atoms with E-state index in [-0.39, 0.29) is 6.42 Å². The molecule has 0 aromatic carbocycles. The van der Waals surface area contributed by atoms with Crippen LogP contribution in [0.15, 0.2) is 0 Å². The quantitative estimate of drug-likeness (QED) is 0.663. The van der Waals surface area contributed by atoms with Crippen LogP contribution >= 0.6 is 0 Å². The molecule has 0 bridgehead atoms. The van der Waals surface area contributed by atoms with Gasteiger partial charge in [0.25, 0.3) is 0 Å². The molecule has 0 aromatic rings. The van der Waals surface area contributed by atoms with Gasteiger partial charge >= 0.3 is 5.97 Å². The second-order valence-electron chi connectivity index (χ2n) is 3.03. The van der Waals surface area contributed by atoms with Crippen LogP contribution in [-0.4, -0.2) is 41.8 Å². The molecule has 0 aliphatic rings. The summed E-state index contributed by atoms with van der Waals surface area (Å²) in [6, 6.07) is 0. The van der Waals surface area contributed by atoms with Gasteiger partial charge in [0.2, 0.25) is 0 Å². The first-order chi connectivity index (χ1) is 6.11. The lowest BCUT2D eigenvalue weighted by atomic mass is 10.2. The predicted molar refractivity (Wildman–Crippen MR) is 49.6 cm³/mol. The summed E-state index contributed by atoms with van der Waals surface area (Å²) >= 11 is 0. The highest BCUT2D eigenvalue weighted by Gasteiger charge is 2.16. The smallest absolute Gasteiger partial charge is 0.338 e. The maximum absolute atomic E-state index is 12.6. The van der Waals surface area contributed by atoms with E-state index < -0.39 is 12.1 Å². The van der Waals surface area contributed by atoms with E-state index in [1.54, 1.807) is 0 Å². The number of aliphatic carboxylic acids is 1. The molecule has 78 valence electrons. The van der Waals surface area contributed by atoms with Gasteiger partial charge in [-0.25, -0.2) is 9.18 Å². The number of carbonyl (C=O) groups is 1. The maximum Gasteiger partial charge on any atom is 0.338 e. The Balaban J connectivity index is 3.64. The third kappa shape index (κ3) is 5.58. The van der Waals surface area contributed by atoms with Crippen molar-refractivity contribution in [2.45, 2.75) is 32.9 Å². The summed E-state index contributed by atoms with van der Waals surface area (Å²) in [5.41, 5.74) is 0. The molecule has 1 unspecified atom stereocenters. The number of hydrogen-bond acceptors (Lipinski definition) is 2. The van der Waals surface area contributed by atoms with Crippen LogP contribution in [0.3, 0.4) is 0 Å². The maximum atomic E-state index is 12.6. The molecule has 0 aromatic heterocycles. The highest BCUT2D eigenvalue weighted by molar-refractivity contribution is 5.71. The van der Waals surface area contributed by atoms with Crippen molar-refractivity contribution in [3.05, 3.63) is 0 Å². The van der Waals surface area contributed by atoms with Crippen LogP contribution in [0.1, 0.15) is 26.7 Å². The largest absolute Gasteiger partial charge is 0.479 e. The number of rotatable bonds is 7. The minimum absolute atomic E-state index is 0.0865. The molecule has 0 radical (unpaired) electrons. The fourth-order valence-corrected chi connectivity index (χ4v) is 1.16. The van der Waals surface area contributed by atoms with E-state index in [0.29, 0.717) is 6.54 Å². The lowest BCUT2D eigenvalue weighted by molar-refractivity contribution is -0.143. The van der Waals surface area contributed by atoms with E-state index in [2.05, 4.69) is 4.90 Å². The predicted octanol–water partition coefficient (Wildman–Crippen LogP) is 1.53. The van der Waals surface area contributed by atoms with Gasteiger partial charge in [0.1, 0.15) is 0 Å². The Morgan fingerprint density at radius 1 is 1.46 bits per heavy atom. The molecule has 0 rings (SSSR count). The van der Waals surface area contributed by atoms with Gasteiger partial charge in [0.15, 0.2) is 6.17 Å². The molecule has 0 saturated carbocycles. The lowest BCUT2D eigenvalue weighted by Crippen LogP contribution is -2.29. The van der Waals surface area contributed by atoms with Crippen molar-refractivity contribution in [3.8, 4) is 0 Å². The number of nitrogens with zero attached hydrogens (tertiary/aromatic N) is 1. The van der Waals surface area contributed by atoms with Gasteiger partial charge in [-0.15, -0.1) is 0 Å². The molecule has 0 aliphatic heterocycles. The van der Waals surface area contributed by atoms with Gasteiger partial charge in [0, 0.05) is 13.0 Å². The topological polar surface area (TPSA) is 40.5 Å². The van der Waals surface area contributed by atoms with Crippen molar-refractivity contribution in [1.82, 2.24) is 4.90 Å². The van der Waals surface area contributed by atoms with Gasteiger partial charge in [-0.1, -0.05) is 13.8 Å². The first kappa shape index (κ1) is 12.4. The third-order valence-electron chi connectivity index (χ3n) is 1.95. The highest BCUT2D eigenvalue weighted by Crippen LogP contribution is 2.01. The Kier molecular flexibility index (Phi) is 6.49. The molecule has 0 amide bonds. The van der Waals surface area contributed by atoms with Crippen LogP contribution in [0.5, 0.6) is 0 Å². The number of halogens is 1. The van der Waals surface area contributed by atoms with Gasteiger partial charge < -0.3 is 10.0 Å². The zero-order valence-electron chi connectivity index (χ0n) is 8.29. The molecule has 0 heterocycles. The average molecular weight is 191 g/mol. The molecule has 0 spiro atoms. The fourth-order valence-electron chi connectivity index (χ4n) is 1.16. The summed E-state index contributed by atoms with van der Waals surface area (Å²) in [4.78, 5) is 12.2. The summed E-state index contributed by atoms with van der Waals surface area (Å²) in [6.07, 6.45) is -0.619. The average Bonchev–Trinajstić information content (AvgIpc) is 2.11. The Bertz CT molecular complexity index is 153. The minimum Gasteiger partial charge on any atom is -0.479 e. The number of hydrogen-bond donors (Lipinski definition) is 1. The summed E-state index contributed by atoms with van der Waals surface area (Å²) in [5, 5.41) is 8.30. The first-order valence-electron chi connectivity index (χ1n) is 4.71. The van der Waals surface area contributed by atoms with Crippen molar-refractivity contribution in [2.24, 2.45) is 0 Å². The van der Waals surface area contributed by atoms with Crippen molar-refractivity contribution in [2.75, 3.05) is 19.6 Å². The van der Waals surface area contributed by atoms with E-state index in [1.165, 1.54) is 0 Å². The lowest BCUT2D eigenvalue weighted by Gasteiger charge is -2.19. The number of carboxylic acids is 1. The molecule has 0 saturated heterocycles. The van der Waals surface area contributed by atoms with E-state index >= 15 is 0 Å². The van der Waals surface area contributed by atoms with E-state index in [4.69, 9.17) is 5.11 Å². The molecule has 4 heteroatoms. The molecule has 13 heavy (non-hydrogen) atoms. The van der Waals surface area contributed by atoms with E-state index in [0.717, 1.165) is 19.5 Å². The Hall–Kier alpha value is -0.640. The van der Waals surface area contributed by atoms with Crippen LogP contribution in [0.2, 0.25) is 0 Å². The monoisotopic (exact) mass is 191 g/mol. The van der Waals surface area contributed by atoms with Crippen LogP contribution in [0.4, 0.5) is 4.39 Å². The van der Waals surface area contributed by atoms with Crippen molar-refractivity contribution in [3.63, 3.8) is 0 Å². The first-order valence-corrected chi connectivity index (χ1v) is 4.71. The third-order valence-corrected chi connectivity index (χ3v) is 1.95. The van der Waals surface area contributed by atoms with Crippen LogP contribution < -0.4 is 0 Å². The van der Waals surface area contributed by atoms with Crippen LogP contribution in [-0.2, 0) is 4.79 Å². The van der Waals surface area contributed by atoms with Gasteiger partial charge in [-0.05, 0) is 19.5 Å². The molecule has 3 nitrogen and oxygen atoms in total. The second-order valence-corrected chi connectivity index (χ2v) is 3.03.